The van der Waals surface area contributed by atoms with Crippen molar-refractivity contribution in [2.75, 3.05) is 0 Å². The van der Waals surface area contributed by atoms with Crippen LogP contribution in [0.2, 0.25) is 0 Å². The maximum absolute atomic E-state index is 4.10. The van der Waals surface area contributed by atoms with Crippen LogP contribution in [-0.2, 0) is 0 Å². The van der Waals surface area contributed by atoms with E-state index in [4.69, 9.17) is 0 Å². The number of rotatable bonds is 1. The Morgan fingerprint density at radius 2 is 2.30 bits per heavy atom. The maximum Gasteiger partial charge on any atom is 0.152 e. The fourth-order valence-corrected chi connectivity index (χ4v) is 1.68. The molecule has 0 unspecified atom stereocenters. The van der Waals surface area contributed by atoms with E-state index in [0.717, 1.165) is 11.4 Å². The molecule has 0 bridgehead atoms. The van der Waals surface area contributed by atoms with Crippen LogP contribution < -0.4 is 0 Å². The SMILES string of the molecule is [c]1nc(-c2cscn2)cs1. The topological polar surface area (TPSA) is 25.8 Å². The van der Waals surface area contributed by atoms with Crippen molar-refractivity contribution in [3.8, 4) is 11.4 Å². The Bertz CT molecular complexity index is 253. The number of aromatic nitrogens is 2. The van der Waals surface area contributed by atoms with Crippen molar-refractivity contribution < 1.29 is 0 Å². The molecule has 10 heavy (non-hydrogen) atoms. The van der Waals surface area contributed by atoms with Crippen LogP contribution in [0.4, 0.5) is 0 Å². The molecule has 49 valence electrons. The van der Waals surface area contributed by atoms with E-state index in [1.165, 1.54) is 11.3 Å². The van der Waals surface area contributed by atoms with Crippen LogP contribution in [0.25, 0.3) is 11.4 Å². The van der Waals surface area contributed by atoms with Gasteiger partial charge in [0.05, 0.1) is 5.51 Å². The van der Waals surface area contributed by atoms with Gasteiger partial charge >= 0.3 is 0 Å². The Morgan fingerprint density at radius 1 is 1.30 bits per heavy atom. The smallest absolute Gasteiger partial charge is 0.152 e. The molecule has 1 radical (unpaired) electrons. The quantitative estimate of drug-likeness (QED) is 0.649. The van der Waals surface area contributed by atoms with Crippen molar-refractivity contribution in [3.05, 3.63) is 21.8 Å². The van der Waals surface area contributed by atoms with Crippen molar-refractivity contribution in [3.63, 3.8) is 0 Å². The fraction of sp³-hybridized carbons (Fsp3) is 0. The van der Waals surface area contributed by atoms with Crippen molar-refractivity contribution in [1.82, 2.24) is 9.97 Å². The molecule has 0 spiro atoms. The monoisotopic (exact) mass is 167 g/mol. The highest BCUT2D eigenvalue weighted by Gasteiger charge is 1.99. The van der Waals surface area contributed by atoms with Crippen LogP contribution in [0.1, 0.15) is 0 Å². The number of hydrogen-bond acceptors (Lipinski definition) is 4. The van der Waals surface area contributed by atoms with E-state index in [0.29, 0.717) is 0 Å². The zero-order valence-electron chi connectivity index (χ0n) is 4.94. The van der Waals surface area contributed by atoms with Gasteiger partial charge in [-0.25, -0.2) is 9.97 Å². The van der Waals surface area contributed by atoms with E-state index in [1.807, 2.05) is 10.8 Å². The lowest BCUT2D eigenvalue weighted by Crippen LogP contribution is -1.73. The second kappa shape index (κ2) is 2.48. The summed E-state index contributed by atoms with van der Waals surface area (Å²) in [5.74, 6) is 0. The molecule has 0 aliphatic rings. The lowest BCUT2D eigenvalue weighted by atomic mass is 10.4. The molecule has 0 fully saturated rings. The van der Waals surface area contributed by atoms with Crippen molar-refractivity contribution in [1.29, 1.82) is 0 Å². The van der Waals surface area contributed by atoms with Crippen molar-refractivity contribution >= 4 is 22.7 Å². The fourth-order valence-electron chi connectivity index (χ4n) is 0.641. The van der Waals surface area contributed by atoms with E-state index in [2.05, 4.69) is 15.5 Å². The molecular weight excluding hydrogens is 164 g/mol. The Kier molecular flexibility index (Phi) is 1.49. The van der Waals surface area contributed by atoms with Crippen molar-refractivity contribution in [2.24, 2.45) is 0 Å². The van der Waals surface area contributed by atoms with Gasteiger partial charge in [-0.1, -0.05) is 0 Å². The average Bonchev–Trinajstić information content (AvgIpc) is 2.59. The third kappa shape index (κ3) is 0.955. The number of thiazole rings is 2. The largest absolute Gasteiger partial charge is 0.243 e. The molecule has 0 atom stereocenters. The van der Waals surface area contributed by atoms with E-state index in [1.54, 1.807) is 16.8 Å². The highest BCUT2D eigenvalue weighted by molar-refractivity contribution is 7.08. The molecule has 0 amide bonds. The first-order chi connectivity index (χ1) is 4.97. The summed E-state index contributed by atoms with van der Waals surface area (Å²) < 4.78 is 0. The lowest BCUT2D eigenvalue weighted by molar-refractivity contribution is 1.33. The first-order valence-corrected chi connectivity index (χ1v) is 4.49. The summed E-state index contributed by atoms with van der Waals surface area (Å²) in [6.07, 6.45) is 0. The first-order valence-electron chi connectivity index (χ1n) is 2.67. The second-order valence-electron chi connectivity index (χ2n) is 1.70. The highest BCUT2D eigenvalue weighted by atomic mass is 32.1. The molecule has 0 saturated heterocycles. The van der Waals surface area contributed by atoms with Crippen LogP contribution in [0, 0.1) is 5.51 Å². The van der Waals surface area contributed by atoms with E-state index >= 15 is 0 Å². The molecule has 2 aromatic heterocycles. The summed E-state index contributed by atoms with van der Waals surface area (Å²) >= 11 is 3.04. The van der Waals surface area contributed by atoms with E-state index in [9.17, 15) is 0 Å². The molecular formula is C6H3N2S2. The number of hydrogen-bond donors (Lipinski definition) is 0. The zero-order valence-corrected chi connectivity index (χ0v) is 6.58. The molecule has 4 heteroatoms. The molecule has 0 aliphatic carbocycles. The van der Waals surface area contributed by atoms with Crippen molar-refractivity contribution in [2.45, 2.75) is 0 Å². The molecule has 2 nitrogen and oxygen atoms in total. The Hall–Kier alpha value is -0.740. The normalized spacial score (nSPS) is 10.0. The van der Waals surface area contributed by atoms with Crippen LogP contribution in [0.15, 0.2) is 16.3 Å². The van der Waals surface area contributed by atoms with E-state index < -0.39 is 0 Å². The zero-order chi connectivity index (χ0) is 6.81. The van der Waals surface area contributed by atoms with E-state index in [-0.39, 0.29) is 0 Å². The molecule has 0 N–H and O–H groups in total. The molecule has 0 aromatic carbocycles. The van der Waals surface area contributed by atoms with Gasteiger partial charge in [0.15, 0.2) is 5.51 Å². The van der Waals surface area contributed by atoms with Gasteiger partial charge in [0.2, 0.25) is 0 Å². The molecule has 2 rings (SSSR count). The third-order valence-corrected chi connectivity index (χ3v) is 2.21. The summed E-state index contributed by atoms with van der Waals surface area (Å²) in [4.78, 5) is 8.10. The minimum absolute atomic E-state index is 0.922. The van der Waals surface area contributed by atoms with Crippen LogP contribution in [0.5, 0.6) is 0 Å². The molecule has 2 aromatic rings. The predicted molar refractivity (Wildman–Crippen MR) is 42.1 cm³/mol. The predicted octanol–water partition coefficient (Wildman–Crippen LogP) is 2.07. The lowest BCUT2D eigenvalue weighted by Gasteiger charge is -1.82. The van der Waals surface area contributed by atoms with Gasteiger partial charge in [-0.15, -0.1) is 22.7 Å². The third-order valence-electron chi connectivity index (χ3n) is 1.08. The Balaban J connectivity index is 2.48. The Morgan fingerprint density at radius 3 is 2.90 bits per heavy atom. The summed E-state index contributed by atoms with van der Waals surface area (Å²) in [5.41, 5.74) is 6.44. The van der Waals surface area contributed by atoms with Gasteiger partial charge in [0.25, 0.3) is 0 Å². The Labute approximate surface area is 66.2 Å². The molecule has 0 aliphatic heterocycles. The van der Waals surface area contributed by atoms with Crippen LogP contribution >= 0.6 is 22.7 Å². The van der Waals surface area contributed by atoms with Gasteiger partial charge < -0.3 is 0 Å². The van der Waals surface area contributed by atoms with Gasteiger partial charge in [-0.05, 0) is 0 Å². The highest BCUT2D eigenvalue weighted by Crippen LogP contribution is 2.17. The minimum Gasteiger partial charge on any atom is -0.243 e. The maximum atomic E-state index is 4.10. The summed E-state index contributed by atoms with van der Waals surface area (Å²) in [7, 11) is 0. The van der Waals surface area contributed by atoms with Gasteiger partial charge in [-0.3, -0.25) is 0 Å². The summed E-state index contributed by atoms with van der Waals surface area (Å²) in [6, 6.07) is 0. The summed E-state index contributed by atoms with van der Waals surface area (Å²) in [5, 5.41) is 3.91. The van der Waals surface area contributed by atoms with Gasteiger partial charge in [0.1, 0.15) is 11.4 Å². The standard InChI is InChI=1S/C6H3N2S2/c1-5(7-3-9-1)6-2-10-4-8-6/h1-3H. The summed E-state index contributed by atoms with van der Waals surface area (Å²) in [6.45, 7) is 0. The number of nitrogens with zero attached hydrogens (tertiary/aromatic N) is 2. The average molecular weight is 167 g/mol. The minimum atomic E-state index is 0.922. The molecule has 2 heterocycles. The van der Waals surface area contributed by atoms with Gasteiger partial charge in [-0.2, -0.15) is 0 Å². The van der Waals surface area contributed by atoms with Crippen LogP contribution in [0.3, 0.4) is 0 Å². The second-order valence-corrected chi connectivity index (χ2v) is 3.07. The molecule has 0 saturated carbocycles. The first kappa shape index (κ1) is 6.00. The van der Waals surface area contributed by atoms with Crippen LogP contribution in [-0.4, -0.2) is 9.97 Å². The van der Waals surface area contributed by atoms with Gasteiger partial charge in [0, 0.05) is 10.8 Å².